The molecule has 4 rings (SSSR count). The minimum Gasteiger partial charge on any atom is -0.493 e. The molecule has 0 saturated carbocycles. The van der Waals surface area contributed by atoms with Crippen molar-refractivity contribution in [3.63, 3.8) is 0 Å². The van der Waals surface area contributed by atoms with Crippen LogP contribution in [0.2, 0.25) is 0 Å². The first-order valence-corrected chi connectivity index (χ1v) is 8.48. The Morgan fingerprint density at radius 1 is 1.12 bits per heavy atom. The number of nitrogens with one attached hydrogen (secondary N) is 1. The highest BCUT2D eigenvalue weighted by Gasteiger charge is 2.23. The first kappa shape index (κ1) is 15.5. The van der Waals surface area contributed by atoms with Crippen LogP contribution >= 0.6 is 0 Å². The SMILES string of the molecule is Cc1ccc2c(c1)C(NC(=O)c1ccc(-n3cccc3)cc1)CCO2. The van der Waals surface area contributed by atoms with Gasteiger partial charge in [0.05, 0.1) is 12.6 Å². The van der Waals surface area contributed by atoms with Gasteiger partial charge in [-0.1, -0.05) is 17.7 Å². The standard InChI is InChI=1S/C21H20N2O2/c1-15-4-9-20-18(14-15)19(10-13-25-20)22-21(24)16-5-7-17(8-6-16)23-11-2-3-12-23/h2-9,11-12,14,19H,10,13H2,1H3,(H,22,24). The zero-order valence-electron chi connectivity index (χ0n) is 14.1. The van der Waals surface area contributed by atoms with Crippen molar-refractivity contribution < 1.29 is 9.53 Å². The quantitative estimate of drug-likeness (QED) is 0.786. The Balaban J connectivity index is 1.52. The molecule has 4 nitrogen and oxygen atoms in total. The molecular weight excluding hydrogens is 312 g/mol. The predicted molar refractivity (Wildman–Crippen MR) is 97.3 cm³/mol. The van der Waals surface area contributed by atoms with Gasteiger partial charge >= 0.3 is 0 Å². The summed E-state index contributed by atoms with van der Waals surface area (Å²) in [7, 11) is 0. The third-order valence-corrected chi connectivity index (χ3v) is 4.54. The highest BCUT2D eigenvalue weighted by atomic mass is 16.5. The molecule has 0 bridgehead atoms. The summed E-state index contributed by atoms with van der Waals surface area (Å²) in [4.78, 5) is 12.6. The fourth-order valence-electron chi connectivity index (χ4n) is 3.20. The number of fused-ring (bicyclic) bond motifs is 1. The van der Waals surface area contributed by atoms with Crippen molar-refractivity contribution in [3.8, 4) is 11.4 Å². The maximum Gasteiger partial charge on any atom is 0.251 e. The van der Waals surface area contributed by atoms with Crippen LogP contribution in [0.4, 0.5) is 0 Å². The number of nitrogens with zero attached hydrogens (tertiary/aromatic N) is 1. The van der Waals surface area contributed by atoms with E-state index in [9.17, 15) is 4.79 Å². The molecule has 1 unspecified atom stereocenters. The van der Waals surface area contributed by atoms with E-state index in [2.05, 4.69) is 11.4 Å². The van der Waals surface area contributed by atoms with E-state index in [0.717, 1.165) is 23.4 Å². The van der Waals surface area contributed by atoms with E-state index in [-0.39, 0.29) is 11.9 Å². The van der Waals surface area contributed by atoms with E-state index in [1.165, 1.54) is 5.56 Å². The van der Waals surface area contributed by atoms with E-state index >= 15 is 0 Å². The number of aromatic nitrogens is 1. The van der Waals surface area contributed by atoms with Crippen LogP contribution in [-0.2, 0) is 0 Å². The Hall–Kier alpha value is -3.01. The minimum absolute atomic E-state index is 0.0136. The molecule has 4 heteroatoms. The molecule has 1 aromatic heterocycles. The Bertz CT molecular complexity index is 883. The molecule has 25 heavy (non-hydrogen) atoms. The number of carbonyl (C=O) groups excluding carboxylic acids is 1. The van der Waals surface area contributed by atoms with Crippen molar-refractivity contribution in [2.45, 2.75) is 19.4 Å². The van der Waals surface area contributed by atoms with Crippen LogP contribution in [0.1, 0.15) is 33.9 Å². The fraction of sp³-hybridized carbons (Fsp3) is 0.190. The lowest BCUT2D eigenvalue weighted by Gasteiger charge is -2.27. The maximum absolute atomic E-state index is 12.6. The normalized spacial score (nSPS) is 16.0. The molecule has 2 aromatic carbocycles. The first-order valence-electron chi connectivity index (χ1n) is 8.48. The molecule has 0 radical (unpaired) electrons. The van der Waals surface area contributed by atoms with Gasteiger partial charge in [0.25, 0.3) is 5.91 Å². The van der Waals surface area contributed by atoms with Crippen LogP contribution in [0.5, 0.6) is 5.75 Å². The van der Waals surface area contributed by atoms with Crippen molar-refractivity contribution in [1.82, 2.24) is 9.88 Å². The predicted octanol–water partition coefficient (Wildman–Crippen LogP) is 4.04. The van der Waals surface area contributed by atoms with Gasteiger partial charge in [0.2, 0.25) is 0 Å². The summed E-state index contributed by atoms with van der Waals surface area (Å²) in [6.45, 7) is 2.67. The monoisotopic (exact) mass is 332 g/mol. The number of hydrogen-bond donors (Lipinski definition) is 1. The lowest BCUT2D eigenvalue weighted by Crippen LogP contribution is -2.32. The Labute approximate surface area is 147 Å². The number of rotatable bonds is 3. The van der Waals surface area contributed by atoms with Gasteiger partial charge in [0, 0.05) is 35.6 Å². The largest absolute Gasteiger partial charge is 0.493 e. The molecule has 126 valence electrons. The van der Waals surface area contributed by atoms with Gasteiger partial charge in [-0.15, -0.1) is 0 Å². The molecular formula is C21H20N2O2. The number of ether oxygens (including phenoxy) is 1. The second-order valence-corrected chi connectivity index (χ2v) is 6.34. The van der Waals surface area contributed by atoms with Crippen LogP contribution in [-0.4, -0.2) is 17.1 Å². The molecule has 3 aromatic rings. The van der Waals surface area contributed by atoms with Crippen LogP contribution in [0.3, 0.4) is 0 Å². The molecule has 1 amide bonds. The van der Waals surface area contributed by atoms with Crippen LogP contribution in [0.15, 0.2) is 67.0 Å². The van der Waals surface area contributed by atoms with Gasteiger partial charge < -0.3 is 14.6 Å². The topological polar surface area (TPSA) is 43.3 Å². The molecule has 0 spiro atoms. The molecule has 0 saturated heterocycles. The number of amides is 1. The average molecular weight is 332 g/mol. The molecule has 0 aliphatic carbocycles. The Morgan fingerprint density at radius 3 is 2.64 bits per heavy atom. The van der Waals surface area contributed by atoms with Crippen molar-refractivity contribution >= 4 is 5.91 Å². The van der Waals surface area contributed by atoms with E-state index in [1.54, 1.807) is 0 Å². The molecule has 1 atom stereocenters. The van der Waals surface area contributed by atoms with Crippen LogP contribution < -0.4 is 10.1 Å². The highest BCUT2D eigenvalue weighted by Crippen LogP contribution is 2.32. The number of carbonyl (C=O) groups is 1. The maximum atomic E-state index is 12.6. The number of benzene rings is 2. The van der Waals surface area contributed by atoms with E-state index in [4.69, 9.17) is 4.74 Å². The molecule has 1 N–H and O–H groups in total. The molecule has 2 heterocycles. The third-order valence-electron chi connectivity index (χ3n) is 4.54. The van der Waals surface area contributed by atoms with Crippen LogP contribution in [0.25, 0.3) is 5.69 Å². The summed E-state index contributed by atoms with van der Waals surface area (Å²) < 4.78 is 7.71. The lowest BCUT2D eigenvalue weighted by molar-refractivity contribution is 0.0925. The second kappa shape index (κ2) is 6.48. The van der Waals surface area contributed by atoms with Crippen molar-refractivity contribution in [2.75, 3.05) is 6.61 Å². The molecule has 1 aliphatic heterocycles. The van der Waals surface area contributed by atoms with E-state index < -0.39 is 0 Å². The Morgan fingerprint density at radius 2 is 1.88 bits per heavy atom. The second-order valence-electron chi connectivity index (χ2n) is 6.34. The fourth-order valence-corrected chi connectivity index (χ4v) is 3.20. The lowest BCUT2D eigenvalue weighted by atomic mass is 9.98. The van der Waals surface area contributed by atoms with Gasteiger partial charge in [-0.2, -0.15) is 0 Å². The molecule has 1 aliphatic rings. The smallest absolute Gasteiger partial charge is 0.251 e. The Kier molecular flexibility index (Phi) is 4.02. The van der Waals surface area contributed by atoms with Crippen molar-refractivity contribution in [3.05, 3.63) is 83.7 Å². The highest BCUT2D eigenvalue weighted by molar-refractivity contribution is 5.94. The summed E-state index contributed by atoms with van der Waals surface area (Å²) >= 11 is 0. The van der Waals surface area contributed by atoms with Crippen molar-refractivity contribution in [2.24, 2.45) is 0 Å². The number of hydrogen-bond acceptors (Lipinski definition) is 2. The van der Waals surface area contributed by atoms with E-state index in [0.29, 0.717) is 12.2 Å². The zero-order chi connectivity index (χ0) is 17.2. The van der Waals surface area contributed by atoms with Crippen LogP contribution in [0, 0.1) is 6.92 Å². The zero-order valence-corrected chi connectivity index (χ0v) is 14.1. The third kappa shape index (κ3) is 3.15. The van der Waals surface area contributed by atoms with Gasteiger partial charge in [0.1, 0.15) is 5.75 Å². The molecule has 0 fully saturated rings. The van der Waals surface area contributed by atoms with Gasteiger partial charge in [-0.05, 0) is 49.4 Å². The number of aryl methyl sites for hydroxylation is 1. The minimum atomic E-state index is -0.0570. The summed E-state index contributed by atoms with van der Waals surface area (Å²) in [5.74, 6) is 0.809. The van der Waals surface area contributed by atoms with Crippen molar-refractivity contribution in [1.29, 1.82) is 0 Å². The summed E-state index contributed by atoms with van der Waals surface area (Å²) in [5.41, 5.74) is 3.92. The summed E-state index contributed by atoms with van der Waals surface area (Å²) in [5, 5.41) is 3.15. The first-order chi connectivity index (χ1) is 12.2. The summed E-state index contributed by atoms with van der Waals surface area (Å²) in [6.07, 6.45) is 4.75. The average Bonchev–Trinajstić information content (AvgIpc) is 3.17. The van der Waals surface area contributed by atoms with Gasteiger partial charge in [0.15, 0.2) is 0 Å². The van der Waals surface area contributed by atoms with E-state index in [1.807, 2.05) is 72.4 Å². The van der Waals surface area contributed by atoms with Gasteiger partial charge in [-0.25, -0.2) is 0 Å². The summed E-state index contributed by atoms with van der Waals surface area (Å²) in [6, 6.07) is 17.7. The van der Waals surface area contributed by atoms with Gasteiger partial charge in [-0.3, -0.25) is 4.79 Å².